The maximum atomic E-state index is 11.8. The lowest BCUT2D eigenvalue weighted by Crippen LogP contribution is -2.74. The first kappa shape index (κ1) is 17.3. The Labute approximate surface area is 150 Å². The highest BCUT2D eigenvalue weighted by atomic mass is 16.5. The molecular weight excluding hydrogens is 318 g/mol. The van der Waals surface area contributed by atoms with Gasteiger partial charge in [-0.2, -0.15) is 0 Å². The Hall–Kier alpha value is -1.10. The monoisotopic (exact) mass is 349 g/mol. The third-order valence-electron chi connectivity index (χ3n) is 7.48. The predicted molar refractivity (Wildman–Crippen MR) is 92.7 cm³/mol. The van der Waals surface area contributed by atoms with E-state index >= 15 is 0 Å². The van der Waals surface area contributed by atoms with Crippen molar-refractivity contribution in [3.05, 3.63) is 0 Å². The summed E-state index contributed by atoms with van der Waals surface area (Å²) in [6, 6.07) is 0. The molecule has 2 saturated heterocycles. The number of hydrogen-bond acceptors (Lipinski definition) is 5. The molecule has 2 aliphatic carbocycles. The number of carbonyl (C=O) groups excluding carboxylic acids is 2. The molecule has 0 amide bonds. The standard InChI is InChI=1S/C20H31NO4/c1-12-11-20-16-6-4-8-21(20)9-5-7-17(20)18(24-13(2)22)10-15(16)19(12)25-14(3)23/h12,15-19H,4-11H2,1-3H3/t12-,15-,16+,17+,18+,19+,20+/m0/s1. The van der Waals surface area contributed by atoms with Gasteiger partial charge in [-0.05, 0) is 63.5 Å². The summed E-state index contributed by atoms with van der Waals surface area (Å²) in [7, 11) is 0. The van der Waals surface area contributed by atoms with E-state index in [9.17, 15) is 9.59 Å². The molecule has 1 spiro atoms. The Morgan fingerprint density at radius 3 is 2.28 bits per heavy atom. The number of carbonyl (C=O) groups is 2. The van der Waals surface area contributed by atoms with Crippen molar-refractivity contribution < 1.29 is 19.1 Å². The highest BCUT2D eigenvalue weighted by Gasteiger charge is 2.65. The summed E-state index contributed by atoms with van der Waals surface area (Å²) in [5.74, 6) is 1.32. The van der Waals surface area contributed by atoms with Crippen molar-refractivity contribution in [2.45, 2.75) is 77.0 Å². The highest BCUT2D eigenvalue weighted by Crippen LogP contribution is 2.61. The number of nitrogens with zero attached hydrogens (tertiary/aromatic N) is 1. The molecule has 5 nitrogen and oxygen atoms in total. The highest BCUT2D eigenvalue weighted by molar-refractivity contribution is 5.66. The summed E-state index contributed by atoms with van der Waals surface area (Å²) in [6.07, 6.45) is 6.66. The maximum absolute atomic E-state index is 11.8. The van der Waals surface area contributed by atoms with Crippen LogP contribution in [0.15, 0.2) is 0 Å². The smallest absolute Gasteiger partial charge is 0.302 e. The molecule has 0 unspecified atom stereocenters. The van der Waals surface area contributed by atoms with Crippen LogP contribution in [0, 0.1) is 23.7 Å². The quantitative estimate of drug-likeness (QED) is 0.718. The van der Waals surface area contributed by atoms with Crippen molar-refractivity contribution in [2.24, 2.45) is 23.7 Å². The molecule has 4 rings (SSSR count). The third-order valence-corrected chi connectivity index (χ3v) is 7.48. The molecule has 2 bridgehead atoms. The Kier molecular flexibility index (Phi) is 4.33. The summed E-state index contributed by atoms with van der Waals surface area (Å²) in [6.45, 7) is 7.61. The molecule has 0 aromatic heterocycles. The van der Waals surface area contributed by atoms with Crippen LogP contribution in [0.4, 0.5) is 0 Å². The second kappa shape index (κ2) is 6.26. The van der Waals surface area contributed by atoms with Crippen molar-refractivity contribution in [1.82, 2.24) is 4.90 Å². The normalized spacial score (nSPS) is 46.0. The van der Waals surface area contributed by atoms with E-state index in [-0.39, 0.29) is 29.7 Å². The average Bonchev–Trinajstić information content (AvgIpc) is 2.53. The number of piperidine rings is 2. The molecule has 5 heteroatoms. The second-order valence-corrected chi connectivity index (χ2v) is 8.78. The van der Waals surface area contributed by atoms with Crippen molar-refractivity contribution in [3.63, 3.8) is 0 Å². The van der Waals surface area contributed by atoms with E-state index in [0.717, 1.165) is 32.4 Å². The fourth-order valence-electron chi connectivity index (χ4n) is 7.05. The number of rotatable bonds is 2. The Morgan fingerprint density at radius 2 is 1.64 bits per heavy atom. The van der Waals surface area contributed by atoms with Gasteiger partial charge in [-0.3, -0.25) is 14.5 Å². The van der Waals surface area contributed by atoms with Gasteiger partial charge in [0, 0.05) is 31.2 Å². The summed E-state index contributed by atoms with van der Waals surface area (Å²) in [5.41, 5.74) is 0.148. The zero-order chi connectivity index (χ0) is 17.8. The summed E-state index contributed by atoms with van der Waals surface area (Å²) in [4.78, 5) is 26.2. The van der Waals surface area contributed by atoms with Gasteiger partial charge in [0.15, 0.2) is 0 Å². The molecular formula is C20H31NO4. The van der Waals surface area contributed by atoms with Gasteiger partial charge in [0.2, 0.25) is 0 Å². The Bertz CT molecular complexity index is 562. The minimum absolute atomic E-state index is 0.0230. The predicted octanol–water partition coefficient (Wildman–Crippen LogP) is 2.77. The zero-order valence-corrected chi connectivity index (χ0v) is 15.7. The molecule has 0 radical (unpaired) electrons. The molecule has 2 aliphatic heterocycles. The van der Waals surface area contributed by atoms with Gasteiger partial charge >= 0.3 is 11.9 Å². The number of ether oxygens (including phenoxy) is 2. The topological polar surface area (TPSA) is 55.8 Å². The van der Waals surface area contributed by atoms with Gasteiger partial charge < -0.3 is 9.47 Å². The van der Waals surface area contributed by atoms with Crippen LogP contribution in [0.3, 0.4) is 0 Å². The van der Waals surface area contributed by atoms with Gasteiger partial charge in [0.1, 0.15) is 12.2 Å². The van der Waals surface area contributed by atoms with Crippen molar-refractivity contribution in [3.8, 4) is 0 Å². The van der Waals surface area contributed by atoms with Crippen LogP contribution in [0.25, 0.3) is 0 Å². The van der Waals surface area contributed by atoms with Crippen molar-refractivity contribution in [2.75, 3.05) is 13.1 Å². The van der Waals surface area contributed by atoms with E-state index in [0.29, 0.717) is 23.7 Å². The molecule has 0 aromatic rings. The second-order valence-electron chi connectivity index (χ2n) is 8.78. The molecule has 140 valence electrons. The van der Waals surface area contributed by atoms with Gasteiger partial charge in [0.05, 0.1) is 0 Å². The van der Waals surface area contributed by atoms with Crippen molar-refractivity contribution in [1.29, 1.82) is 0 Å². The largest absolute Gasteiger partial charge is 0.462 e. The first-order valence-corrected chi connectivity index (χ1v) is 10.0. The van der Waals surface area contributed by atoms with Gasteiger partial charge in [-0.25, -0.2) is 0 Å². The Morgan fingerprint density at radius 1 is 1.00 bits per heavy atom. The van der Waals surface area contributed by atoms with Crippen LogP contribution in [0.1, 0.15) is 59.3 Å². The molecule has 25 heavy (non-hydrogen) atoms. The van der Waals surface area contributed by atoms with Gasteiger partial charge in [-0.1, -0.05) is 6.92 Å². The lowest BCUT2D eigenvalue weighted by atomic mass is 9.47. The molecule has 2 heterocycles. The van der Waals surface area contributed by atoms with Crippen LogP contribution in [-0.4, -0.2) is 47.7 Å². The average molecular weight is 349 g/mol. The fraction of sp³-hybridized carbons (Fsp3) is 0.900. The molecule has 0 N–H and O–H groups in total. The summed E-state index contributed by atoms with van der Waals surface area (Å²) in [5, 5.41) is 0. The minimum atomic E-state index is -0.185. The number of hydrogen-bond donors (Lipinski definition) is 0. The minimum Gasteiger partial charge on any atom is -0.462 e. The SMILES string of the molecule is CC(=O)O[C@H]1[C@H]2C[C@@H](OC(C)=O)[C@H]3CCCN4CCC[C@H]2[C@]34C[C@@H]1C. The van der Waals surface area contributed by atoms with Gasteiger partial charge in [0.25, 0.3) is 0 Å². The third kappa shape index (κ3) is 2.61. The first-order valence-electron chi connectivity index (χ1n) is 10.0. The van der Waals surface area contributed by atoms with E-state index in [1.165, 1.54) is 33.1 Å². The summed E-state index contributed by atoms with van der Waals surface area (Å²) < 4.78 is 11.7. The van der Waals surface area contributed by atoms with Crippen LogP contribution in [0.5, 0.6) is 0 Å². The van der Waals surface area contributed by atoms with Crippen LogP contribution < -0.4 is 0 Å². The first-order chi connectivity index (χ1) is 11.9. The van der Waals surface area contributed by atoms with E-state index in [1.54, 1.807) is 0 Å². The Balaban J connectivity index is 1.74. The van der Waals surface area contributed by atoms with E-state index in [4.69, 9.17) is 9.47 Å². The lowest BCUT2D eigenvalue weighted by Gasteiger charge is -2.68. The number of esters is 2. The lowest BCUT2D eigenvalue weighted by molar-refractivity contribution is -0.235. The van der Waals surface area contributed by atoms with Crippen LogP contribution in [-0.2, 0) is 19.1 Å². The molecule has 7 atom stereocenters. The van der Waals surface area contributed by atoms with Crippen molar-refractivity contribution >= 4 is 11.9 Å². The van der Waals surface area contributed by atoms with E-state index in [1.807, 2.05) is 0 Å². The zero-order valence-electron chi connectivity index (χ0n) is 15.7. The fourth-order valence-corrected chi connectivity index (χ4v) is 7.05. The maximum Gasteiger partial charge on any atom is 0.302 e. The summed E-state index contributed by atoms with van der Waals surface area (Å²) >= 11 is 0. The van der Waals surface area contributed by atoms with Crippen LogP contribution in [0.2, 0.25) is 0 Å². The van der Waals surface area contributed by atoms with E-state index in [2.05, 4.69) is 11.8 Å². The molecule has 4 aliphatic rings. The molecule has 0 aromatic carbocycles. The van der Waals surface area contributed by atoms with E-state index < -0.39 is 0 Å². The molecule has 2 saturated carbocycles. The van der Waals surface area contributed by atoms with Crippen LogP contribution >= 0.6 is 0 Å². The molecule has 4 fully saturated rings. The van der Waals surface area contributed by atoms with Gasteiger partial charge in [-0.15, -0.1) is 0 Å².